The molecule has 0 aromatic carbocycles. The third kappa shape index (κ3) is 3.22. The molecule has 2 N–H and O–H groups in total. The summed E-state index contributed by atoms with van der Waals surface area (Å²) < 4.78 is 5.43. The summed E-state index contributed by atoms with van der Waals surface area (Å²) in [5.41, 5.74) is 0. The van der Waals surface area contributed by atoms with E-state index >= 15 is 0 Å². The summed E-state index contributed by atoms with van der Waals surface area (Å²) in [5.74, 6) is -1.83. The van der Waals surface area contributed by atoms with E-state index in [1.807, 2.05) is 0 Å². The minimum absolute atomic E-state index is 0.112. The summed E-state index contributed by atoms with van der Waals surface area (Å²) in [7, 11) is 0. The van der Waals surface area contributed by atoms with Crippen LogP contribution < -0.4 is 5.32 Å². The summed E-state index contributed by atoms with van der Waals surface area (Å²) in [6, 6.07) is 0. The predicted octanol–water partition coefficient (Wildman–Crippen LogP) is 1.17. The van der Waals surface area contributed by atoms with E-state index in [0.29, 0.717) is 19.4 Å². The van der Waals surface area contributed by atoms with Crippen molar-refractivity contribution in [2.24, 2.45) is 11.8 Å². The third-order valence-corrected chi connectivity index (χ3v) is 3.95. The average Bonchev–Trinajstić information content (AvgIpc) is 2.89. The molecule has 2 fully saturated rings. The van der Waals surface area contributed by atoms with Gasteiger partial charge in [-0.05, 0) is 25.7 Å². The van der Waals surface area contributed by atoms with Crippen LogP contribution in [0, 0.1) is 11.8 Å². The molecule has 102 valence electrons. The first kappa shape index (κ1) is 13.3. The van der Waals surface area contributed by atoms with E-state index in [1.54, 1.807) is 0 Å². The topological polar surface area (TPSA) is 75.6 Å². The van der Waals surface area contributed by atoms with Crippen molar-refractivity contribution < 1.29 is 19.4 Å². The van der Waals surface area contributed by atoms with Gasteiger partial charge in [-0.1, -0.05) is 12.8 Å². The van der Waals surface area contributed by atoms with Crippen LogP contribution in [0.1, 0.15) is 38.5 Å². The van der Waals surface area contributed by atoms with Gasteiger partial charge in [0.2, 0.25) is 5.91 Å². The van der Waals surface area contributed by atoms with Gasteiger partial charge in [-0.3, -0.25) is 9.59 Å². The minimum atomic E-state index is -0.841. The summed E-state index contributed by atoms with van der Waals surface area (Å²) in [6.45, 7) is 1.28. The third-order valence-electron chi connectivity index (χ3n) is 3.95. The summed E-state index contributed by atoms with van der Waals surface area (Å²) >= 11 is 0. The van der Waals surface area contributed by atoms with Crippen LogP contribution in [0.4, 0.5) is 0 Å². The zero-order valence-corrected chi connectivity index (χ0v) is 10.6. The predicted molar refractivity (Wildman–Crippen MR) is 65.1 cm³/mol. The number of carboxylic acids is 1. The molecular weight excluding hydrogens is 234 g/mol. The molecular formula is C13H21NO4. The van der Waals surface area contributed by atoms with Crippen LogP contribution >= 0.6 is 0 Å². The van der Waals surface area contributed by atoms with Crippen molar-refractivity contribution in [3.05, 3.63) is 0 Å². The summed E-state index contributed by atoms with van der Waals surface area (Å²) in [4.78, 5) is 23.2. The Kier molecular flexibility index (Phi) is 4.58. The minimum Gasteiger partial charge on any atom is -0.481 e. The van der Waals surface area contributed by atoms with Gasteiger partial charge in [-0.2, -0.15) is 0 Å². The molecule has 2 rings (SSSR count). The van der Waals surface area contributed by atoms with Gasteiger partial charge in [-0.15, -0.1) is 0 Å². The van der Waals surface area contributed by atoms with Crippen LogP contribution in [0.2, 0.25) is 0 Å². The first-order valence-corrected chi connectivity index (χ1v) is 6.80. The van der Waals surface area contributed by atoms with Crippen LogP contribution in [0.3, 0.4) is 0 Å². The molecule has 0 aromatic heterocycles. The lowest BCUT2D eigenvalue weighted by Crippen LogP contribution is -2.42. The Balaban J connectivity index is 1.83. The van der Waals surface area contributed by atoms with Crippen LogP contribution in [0.25, 0.3) is 0 Å². The van der Waals surface area contributed by atoms with Gasteiger partial charge in [0.1, 0.15) is 0 Å². The highest BCUT2D eigenvalue weighted by Gasteiger charge is 2.35. The first-order chi connectivity index (χ1) is 8.68. The molecule has 1 heterocycles. The number of aliphatic carboxylic acids is 1. The van der Waals surface area contributed by atoms with Crippen LogP contribution in [0.15, 0.2) is 0 Å². The molecule has 1 saturated heterocycles. The highest BCUT2D eigenvalue weighted by Crippen LogP contribution is 2.30. The van der Waals surface area contributed by atoms with Crippen molar-refractivity contribution >= 4 is 11.9 Å². The van der Waals surface area contributed by atoms with E-state index in [0.717, 1.165) is 32.3 Å². The lowest BCUT2D eigenvalue weighted by Gasteiger charge is -2.27. The van der Waals surface area contributed by atoms with Crippen LogP contribution in [-0.2, 0) is 14.3 Å². The number of carbonyl (C=O) groups excluding carboxylic acids is 1. The zero-order valence-electron chi connectivity index (χ0n) is 10.6. The molecule has 1 aliphatic heterocycles. The SMILES string of the molecule is O=C(NC[C@@H]1CCCO1)[C@H]1CCCC[C@H]1C(=O)O. The fourth-order valence-corrected chi connectivity index (χ4v) is 2.89. The molecule has 3 atom stereocenters. The van der Waals surface area contributed by atoms with Crippen molar-refractivity contribution in [2.45, 2.75) is 44.6 Å². The molecule has 0 unspecified atom stereocenters. The highest BCUT2D eigenvalue weighted by molar-refractivity contribution is 5.84. The molecule has 2 aliphatic rings. The van der Waals surface area contributed by atoms with E-state index < -0.39 is 11.9 Å². The number of hydrogen-bond acceptors (Lipinski definition) is 3. The molecule has 1 aliphatic carbocycles. The maximum absolute atomic E-state index is 12.0. The standard InChI is InChI=1S/C13H21NO4/c15-12(14-8-9-4-3-7-18-9)10-5-1-2-6-11(10)13(16)17/h9-11H,1-8H2,(H,14,15)(H,16,17)/t9-,10-,11+/m0/s1. The van der Waals surface area contributed by atoms with Gasteiger partial charge in [0.15, 0.2) is 0 Å². The monoisotopic (exact) mass is 255 g/mol. The Bertz CT molecular complexity index is 312. The molecule has 0 spiro atoms. The van der Waals surface area contributed by atoms with Gasteiger partial charge in [0, 0.05) is 13.2 Å². The van der Waals surface area contributed by atoms with Crippen LogP contribution in [0.5, 0.6) is 0 Å². The quantitative estimate of drug-likeness (QED) is 0.790. The van der Waals surface area contributed by atoms with Crippen molar-refractivity contribution in [2.75, 3.05) is 13.2 Å². The Labute approximate surface area is 107 Å². The number of ether oxygens (including phenoxy) is 1. The number of rotatable bonds is 4. The van der Waals surface area contributed by atoms with Gasteiger partial charge in [0.05, 0.1) is 17.9 Å². The number of carbonyl (C=O) groups is 2. The molecule has 5 heteroatoms. The first-order valence-electron chi connectivity index (χ1n) is 6.80. The lowest BCUT2D eigenvalue weighted by molar-refractivity contribution is -0.149. The Hall–Kier alpha value is -1.10. The second-order valence-corrected chi connectivity index (χ2v) is 5.22. The maximum Gasteiger partial charge on any atom is 0.307 e. The fourth-order valence-electron chi connectivity index (χ4n) is 2.89. The van der Waals surface area contributed by atoms with E-state index in [4.69, 9.17) is 9.84 Å². The molecule has 5 nitrogen and oxygen atoms in total. The molecule has 0 radical (unpaired) electrons. The molecule has 0 aromatic rings. The van der Waals surface area contributed by atoms with Gasteiger partial charge in [-0.25, -0.2) is 0 Å². The van der Waals surface area contributed by atoms with Gasteiger partial charge in [0.25, 0.3) is 0 Å². The molecule has 18 heavy (non-hydrogen) atoms. The fraction of sp³-hybridized carbons (Fsp3) is 0.846. The zero-order chi connectivity index (χ0) is 13.0. The summed E-state index contributed by atoms with van der Waals surface area (Å²) in [6.07, 6.45) is 5.30. The van der Waals surface area contributed by atoms with Gasteiger partial charge >= 0.3 is 5.97 Å². The lowest BCUT2D eigenvalue weighted by atomic mass is 9.78. The van der Waals surface area contributed by atoms with E-state index in [-0.39, 0.29) is 17.9 Å². The molecule has 1 amide bonds. The van der Waals surface area contributed by atoms with Crippen molar-refractivity contribution in [3.63, 3.8) is 0 Å². The van der Waals surface area contributed by atoms with E-state index in [2.05, 4.69) is 5.32 Å². The number of amides is 1. The Morgan fingerprint density at radius 1 is 1.11 bits per heavy atom. The number of hydrogen-bond donors (Lipinski definition) is 2. The van der Waals surface area contributed by atoms with Gasteiger partial charge < -0.3 is 15.2 Å². The highest BCUT2D eigenvalue weighted by atomic mass is 16.5. The largest absolute Gasteiger partial charge is 0.481 e. The maximum atomic E-state index is 12.0. The molecule has 1 saturated carbocycles. The Morgan fingerprint density at radius 3 is 2.44 bits per heavy atom. The average molecular weight is 255 g/mol. The summed E-state index contributed by atoms with van der Waals surface area (Å²) in [5, 5.41) is 12.0. The smallest absolute Gasteiger partial charge is 0.307 e. The normalized spacial score (nSPS) is 32.1. The number of nitrogens with one attached hydrogen (secondary N) is 1. The van der Waals surface area contributed by atoms with E-state index in [9.17, 15) is 9.59 Å². The Morgan fingerprint density at radius 2 is 1.83 bits per heavy atom. The second kappa shape index (κ2) is 6.18. The van der Waals surface area contributed by atoms with Crippen molar-refractivity contribution in [1.82, 2.24) is 5.32 Å². The van der Waals surface area contributed by atoms with E-state index in [1.165, 1.54) is 0 Å². The second-order valence-electron chi connectivity index (χ2n) is 5.22. The number of carboxylic acid groups (broad SMARTS) is 1. The molecule has 0 bridgehead atoms. The van der Waals surface area contributed by atoms with Crippen LogP contribution in [-0.4, -0.2) is 36.2 Å². The van der Waals surface area contributed by atoms with Crippen molar-refractivity contribution in [1.29, 1.82) is 0 Å². The van der Waals surface area contributed by atoms with Crippen molar-refractivity contribution in [3.8, 4) is 0 Å².